The second-order valence-electron chi connectivity index (χ2n) is 4.65. The van der Waals surface area contributed by atoms with Crippen LogP contribution >= 0.6 is 39.0 Å². The van der Waals surface area contributed by atoms with Crippen LogP contribution in [0.15, 0.2) is 24.3 Å². The van der Waals surface area contributed by atoms with Gasteiger partial charge in [0.25, 0.3) is 0 Å². The Hall–Kier alpha value is -0.520. The number of benzene rings is 1. The average molecular weight is 373 g/mol. The molecule has 0 saturated carbocycles. The van der Waals surface area contributed by atoms with Crippen LogP contribution in [0.25, 0.3) is 0 Å². The number of methoxy groups -OCH3 is 1. The van der Waals surface area contributed by atoms with E-state index in [4.69, 9.17) is 4.74 Å². The molecular formula is C15H14BrFOS2. The number of fused-ring (bicyclic) bond motifs is 1. The minimum absolute atomic E-state index is 0.0889. The lowest BCUT2D eigenvalue weighted by molar-refractivity contribution is 0.411. The Balaban J connectivity index is 1.92. The van der Waals surface area contributed by atoms with Crippen molar-refractivity contribution in [1.82, 2.24) is 0 Å². The highest BCUT2D eigenvalue weighted by atomic mass is 79.9. The van der Waals surface area contributed by atoms with Crippen molar-refractivity contribution in [3.05, 3.63) is 51.0 Å². The Morgan fingerprint density at radius 2 is 2.20 bits per heavy atom. The molecule has 1 atom stereocenters. The molecule has 1 aliphatic heterocycles. The van der Waals surface area contributed by atoms with Crippen molar-refractivity contribution in [3.8, 4) is 5.75 Å². The summed E-state index contributed by atoms with van der Waals surface area (Å²) in [5.41, 5.74) is 2.08. The quantitative estimate of drug-likeness (QED) is 0.687. The van der Waals surface area contributed by atoms with Gasteiger partial charge in [-0.25, -0.2) is 4.39 Å². The first-order chi connectivity index (χ1) is 9.69. The van der Waals surface area contributed by atoms with E-state index < -0.39 is 0 Å². The summed E-state index contributed by atoms with van der Waals surface area (Å²) in [5.74, 6) is 2.59. The van der Waals surface area contributed by atoms with Crippen LogP contribution in [-0.4, -0.2) is 12.9 Å². The summed E-state index contributed by atoms with van der Waals surface area (Å²) >= 11 is 7.41. The number of hydrogen-bond donors (Lipinski definition) is 0. The van der Waals surface area contributed by atoms with Crippen LogP contribution in [0, 0.1) is 5.82 Å². The lowest BCUT2D eigenvalue weighted by Crippen LogP contribution is -1.96. The summed E-state index contributed by atoms with van der Waals surface area (Å²) in [6.07, 6.45) is 1.13. The van der Waals surface area contributed by atoms with Crippen molar-refractivity contribution in [2.45, 2.75) is 17.0 Å². The van der Waals surface area contributed by atoms with Crippen molar-refractivity contribution in [2.24, 2.45) is 0 Å². The molecule has 3 rings (SSSR count). The summed E-state index contributed by atoms with van der Waals surface area (Å²) in [7, 11) is 1.55. The molecule has 2 heterocycles. The van der Waals surface area contributed by atoms with E-state index >= 15 is 0 Å². The molecule has 0 saturated heterocycles. The van der Waals surface area contributed by atoms with Crippen LogP contribution in [0.5, 0.6) is 5.75 Å². The van der Waals surface area contributed by atoms with E-state index in [-0.39, 0.29) is 10.6 Å². The van der Waals surface area contributed by atoms with Gasteiger partial charge in [-0.2, -0.15) is 11.8 Å². The lowest BCUT2D eigenvalue weighted by Gasteiger charge is -2.10. The molecule has 0 fully saturated rings. The molecule has 0 aliphatic carbocycles. The molecule has 1 unspecified atom stereocenters. The van der Waals surface area contributed by atoms with Crippen molar-refractivity contribution < 1.29 is 9.13 Å². The molecular weight excluding hydrogens is 359 g/mol. The molecule has 0 bridgehead atoms. The van der Waals surface area contributed by atoms with E-state index in [0.717, 1.165) is 12.2 Å². The molecule has 0 spiro atoms. The number of rotatable bonds is 3. The fourth-order valence-electron chi connectivity index (χ4n) is 2.29. The summed E-state index contributed by atoms with van der Waals surface area (Å²) in [5, 5.41) is 0. The van der Waals surface area contributed by atoms with Gasteiger partial charge in [-0.1, -0.05) is 22.0 Å². The Morgan fingerprint density at radius 1 is 1.35 bits per heavy atom. The fourth-order valence-corrected chi connectivity index (χ4v) is 5.45. The molecule has 106 valence electrons. The molecule has 1 nitrogen and oxygen atoms in total. The molecule has 0 radical (unpaired) electrons. The van der Waals surface area contributed by atoms with E-state index in [1.54, 1.807) is 30.6 Å². The zero-order valence-corrected chi connectivity index (χ0v) is 14.2. The largest absolute Gasteiger partial charge is 0.497 e. The second-order valence-corrected chi connectivity index (χ2v) is 7.84. The van der Waals surface area contributed by atoms with Crippen molar-refractivity contribution in [1.29, 1.82) is 0 Å². The maximum atomic E-state index is 14.1. The van der Waals surface area contributed by atoms with Gasteiger partial charge in [0.15, 0.2) is 0 Å². The zero-order chi connectivity index (χ0) is 14.1. The number of aryl methyl sites for hydroxylation is 1. The first-order valence-corrected chi connectivity index (χ1v) is 9.24. The fraction of sp³-hybridized carbons (Fsp3) is 0.333. The van der Waals surface area contributed by atoms with Gasteiger partial charge in [-0.05, 0) is 29.9 Å². The Kier molecular flexibility index (Phi) is 4.38. The van der Waals surface area contributed by atoms with Crippen LogP contribution in [0.3, 0.4) is 0 Å². The third kappa shape index (κ3) is 2.76. The first-order valence-electron chi connectivity index (χ1n) is 6.36. The highest BCUT2D eigenvalue weighted by Crippen LogP contribution is 2.41. The standard InChI is InChI=1S/C15H14BrFOS2/c1-18-10-2-3-11(12(17)7-10)15(16)14-6-9-8-19-5-4-13(9)20-14/h2-3,6-7,15H,4-5,8H2,1H3. The molecule has 20 heavy (non-hydrogen) atoms. The summed E-state index contributed by atoms with van der Waals surface area (Å²) in [6.45, 7) is 0. The lowest BCUT2D eigenvalue weighted by atomic mass is 10.1. The number of ether oxygens (including phenoxy) is 1. The number of halogens is 2. The van der Waals surface area contributed by atoms with E-state index in [9.17, 15) is 4.39 Å². The first kappa shape index (κ1) is 14.4. The Bertz CT molecular complexity index is 603. The van der Waals surface area contributed by atoms with E-state index in [1.807, 2.05) is 11.8 Å². The van der Waals surface area contributed by atoms with Gasteiger partial charge in [-0.3, -0.25) is 0 Å². The van der Waals surface area contributed by atoms with Gasteiger partial charge in [-0.15, -0.1) is 11.3 Å². The van der Waals surface area contributed by atoms with Crippen LogP contribution in [-0.2, 0) is 12.2 Å². The molecule has 1 aromatic heterocycles. The average Bonchev–Trinajstić information content (AvgIpc) is 2.90. The number of thioether (sulfide) groups is 1. The van der Waals surface area contributed by atoms with Gasteiger partial charge in [0.1, 0.15) is 11.6 Å². The number of alkyl halides is 1. The summed E-state index contributed by atoms with van der Waals surface area (Å²) in [4.78, 5) is 2.55. The zero-order valence-electron chi connectivity index (χ0n) is 11.0. The number of hydrogen-bond acceptors (Lipinski definition) is 3. The molecule has 1 aliphatic rings. The highest BCUT2D eigenvalue weighted by Gasteiger charge is 2.21. The third-order valence-electron chi connectivity index (χ3n) is 3.38. The van der Waals surface area contributed by atoms with Crippen LogP contribution in [0.4, 0.5) is 4.39 Å². The molecule has 0 amide bonds. The van der Waals surface area contributed by atoms with Gasteiger partial charge in [0, 0.05) is 27.1 Å². The monoisotopic (exact) mass is 372 g/mol. The highest BCUT2D eigenvalue weighted by molar-refractivity contribution is 9.09. The molecule has 5 heteroatoms. The minimum atomic E-state index is -0.230. The molecule has 1 aromatic carbocycles. The maximum Gasteiger partial charge on any atom is 0.131 e. The van der Waals surface area contributed by atoms with Crippen molar-refractivity contribution >= 4 is 39.0 Å². The normalized spacial score (nSPS) is 15.8. The third-order valence-corrected chi connectivity index (χ3v) is 6.98. The predicted octanol–water partition coefficient (Wildman–Crippen LogP) is 5.17. The van der Waals surface area contributed by atoms with Crippen LogP contribution < -0.4 is 4.74 Å². The van der Waals surface area contributed by atoms with Gasteiger partial charge < -0.3 is 4.74 Å². The second kappa shape index (κ2) is 6.08. The van der Waals surface area contributed by atoms with Crippen molar-refractivity contribution in [2.75, 3.05) is 12.9 Å². The minimum Gasteiger partial charge on any atom is -0.497 e. The van der Waals surface area contributed by atoms with Gasteiger partial charge >= 0.3 is 0 Å². The van der Waals surface area contributed by atoms with Gasteiger partial charge in [0.2, 0.25) is 0 Å². The molecule has 2 aromatic rings. The topological polar surface area (TPSA) is 9.23 Å². The predicted molar refractivity (Wildman–Crippen MR) is 87.9 cm³/mol. The Morgan fingerprint density at radius 3 is 2.90 bits per heavy atom. The van der Waals surface area contributed by atoms with E-state index in [0.29, 0.717) is 11.3 Å². The summed E-state index contributed by atoms with van der Waals surface area (Å²) < 4.78 is 19.2. The van der Waals surface area contributed by atoms with Crippen LogP contribution in [0.1, 0.15) is 25.7 Å². The molecule has 0 N–H and O–H groups in total. The maximum absolute atomic E-state index is 14.1. The van der Waals surface area contributed by atoms with E-state index in [2.05, 4.69) is 22.0 Å². The SMILES string of the molecule is COc1ccc(C(Br)c2cc3c(s2)CCSC3)c(F)c1. The van der Waals surface area contributed by atoms with Crippen LogP contribution in [0.2, 0.25) is 0 Å². The smallest absolute Gasteiger partial charge is 0.131 e. The summed E-state index contributed by atoms with van der Waals surface area (Å²) in [6, 6.07) is 7.25. The van der Waals surface area contributed by atoms with E-state index in [1.165, 1.54) is 27.1 Å². The number of thiophene rings is 1. The Labute approximate surface area is 134 Å². The van der Waals surface area contributed by atoms with Crippen molar-refractivity contribution in [3.63, 3.8) is 0 Å². The van der Waals surface area contributed by atoms with Gasteiger partial charge in [0.05, 0.1) is 11.9 Å².